The SMILES string of the molecule is O=C(NCC1(c2ccc3c(c2)OCO3)CCOCC1)C1CC1c1ccccc1Cl. The van der Waals surface area contributed by atoms with Crippen LogP contribution in [-0.4, -0.2) is 32.5 Å². The lowest BCUT2D eigenvalue weighted by Gasteiger charge is -2.38. The molecule has 29 heavy (non-hydrogen) atoms. The Bertz CT molecular complexity index is 925. The lowest BCUT2D eigenvalue weighted by atomic mass is 9.74. The van der Waals surface area contributed by atoms with Gasteiger partial charge in [-0.15, -0.1) is 0 Å². The molecule has 5 rings (SSSR count). The number of benzene rings is 2. The van der Waals surface area contributed by atoms with E-state index in [9.17, 15) is 4.79 Å². The average molecular weight is 414 g/mol. The zero-order chi connectivity index (χ0) is 19.8. The molecule has 1 saturated heterocycles. The van der Waals surface area contributed by atoms with Crippen LogP contribution in [0.1, 0.15) is 36.3 Å². The van der Waals surface area contributed by atoms with Crippen molar-refractivity contribution in [2.24, 2.45) is 5.92 Å². The Morgan fingerprint density at radius 3 is 2.72 bits per heavy atom. The van der Waals surface area contributed by atoms with Crippen molar-refractivity contribution in [1.29, 1.82) is 0 Å². The summed E-state index contributed by atoms with van der Waals surface area (Å²) in [7, 11) is 0. The fraction of sp³-hybridized carbons (Fsp3) is 0.435. The van der Waals surface area contributed by atoms with Crippen molar-refractivity contribution in [2.75, 3.05) is 26.6 Å². The largest absolute Gasteiger partial charge is 0.454 e. The zero-order valence-electron chi connectivity index (χ0n) is 16.2. The number of amides is 1. The quantitative estimate of drug-likeness (QED) is 0.803. The summed E-state index contributed by atoms with van der Waals surface area (Å²) in [5.74, 6) is 1.89. The van der Waals surface area contributed by atoms with Gasteiger partial charge in [0.1, 0.15) is 0 Å². The van der Waals surface area contributed by atoms with Crippen LogP contribution in [0.25, 0.3) is 0 Å². The van der Waals surface area contributed by atoms with Crippen molar-refractivity contribution >= 4 is 17.5 Å². The van der Waals surface area contributed by atoms with E-state index in [4.69, 9.17) is 25.8 Å². The summed E-state index contributed by atoms with van der Waals surface area (Å²) in [4.78, 5) is 12.9. The first-order chi connectivity index (χ1) is 14.2. The van der Waals surface area contributed by atoms with Gasteiger partial charge in [-0.25, -0.2) is 0 Å². The maximum atomic E-state index is 12.9. The molecular formula is C23H24ClNO4. The van der Waals surface area contributed by atoms with Crippen molar-refractivity contribution in [3.63, 3.8) is 0 Å². The van der Waals surface area contributed by atoms with Crippen molar-refractivity contribution in [3.8, 4) is 11.5 Å². The standard InChI is InChI=1S/C23H24ClNO4/c24-19-4-2-1-3-16(19)17-12-18(17)22(26)25-13-23(7-9-27-10-8-23)15-5-6-20-21(11-15)29-14-28-20/h1-6,11,17-18H,7-10,12-14H2,(H,25,26). The van der Waals surface area contributed by atoms with Crippen LogP contribution in [0.5, 0.6) is 11.5 Å². The monoisotopic (exact) mass is 413 g/mol. The minimum atomic E-state index is -0.149. The van der Waals surface area contributed by atoms with Gasteiger partial charge in [0, 0.05) is 36.1 Å². The van der Waals surface area contributed by atoms with Crippen LogP contribution in [0, 0.1) is 5.92 Å². The second kappa shape index (κ2) is 7.54. The molecule has 1 aliphatic carbocycles. The lowest BCUT2D eigenvalue weighted by Crippen LogP contribution is -2.45. The van der Waals surface area contributed by atoms with Crippen LogP contribution in [0.2, 0.25) is 5.02 Å². The molecule has 2 aliphatic heterocycles. The van der Waals surface area contributed by atoms with Gasteiger partial charge >= 0.3 is 0 Å². The van der Waals surface area contributed by atoms with E-state index in [1.807, 2.05) is 30.3 Å². The number of hydrogen-bond acceptors (Lipinski definition) is 4. The van der Waals surface area contributed by atoms with Gasteiger partial charge in [0.2, 0.25) is 12.7 Å². The van der Waals surface area contributed by atoms with Crippen molar-refractivity contribution in [2.45, 2.75) is 30.6 Å². The smallest absolute Gasteiger partial charge is 0.231 e. The van der Waals surface area contributed by atoms with Crippen LogP contribution in [0.3, 0.4) is 0 Å². The molecule has 1 amide bonds. The maximum Gasteiger partial charge on any atom is 0.231 e. The van der Waals surface area contributed by atoms with Crippen LogP contribution >= 0.6 is 11.6 Å². The van der Waals surface area contributed by atoms with E-state index in [-0.39, 0.29) is 30.0 Å². The molecule has 2 atom stereocenters. The van der Waals surface area contributed by atoms with Gasteiger partial charge in [-0.3, -0.25) is 4.79 Å². The second-order valence-corrected chi connectivity index (χ2v) is 8.56. The van der Waals surface area contributed by atoms with Crippen LogP contribution in [-0.2, 0) is 14.9 Å². The molecule has 2 aromatic carbocycles. The highest BCUT2D eigenvalue weighted by Crippen LogP contribution is 2.50. The molecule has 0 aromatic heterocycles. The average Bonchev–Trinajstić information content (AvgIpc) is 3.41. The highest BCUT2D eigenvalue weighted by molar-refractivity contribution is 6.31. The summed E-state index contributed by atoms with van der Waals surface area (Å²) in [6, 6.07) is 13.9. The Hall–Kier alpha value is -2.24. The molecule has 152 valence electrons. The van der Waals surface area contributed by atoms with Crippen molar-refractivity contribution in [1.82, 2.24) is 5.32 Å². The molecule has 1 N–H and O–H groups in total. The molecule has 0 spiro atoms. The Kier molecular flexibility index (Phi) is 4.88. The molecule has 6 heteroatoms. The maximum absolute atomic E-state index is 12.9. The van der Waals surface area contributed by atoms with Crippen molar-refractivity contribution in [3.05, 3.63) is 58.6 Å². The minimum Gasteiger partial charge on any atom is -0.454 e. The summed E-state index contributed by atoms with van der Waals surface area (Å²) in [6.45, 7) is 2.24. The van der Waals surface area contributed by atoms with Gasteiger partial charge in [0.25, 0.3) is 0 Å². The van der Waals surface area contributed by atoms with Crippen molar-refractivity contribution < 1.29 is 19.0 Å². The first-order valence-electron chi connectivity index (χ1n) is 10.2. The summed E-state index contributed by atoms with van der Waals surface area (Å²) in [6.07, 6.45) is 2.59. The molecular weight excluding hydrogens is 390 g/mol. The van der Waals surface area contributed by atoms with Gasteiger partial charge in [-0.2, -0.15) is 0 Å². The summed E-state index contributed by atoms with van der Waals surface area (Å²) >= 11 is 6.31. The molecule has 0 radical (unpaired) electrons. The number of rotatable bonds is 5. The number of ether oxygens (including phenoxy) is 3. The summed E-state index contributed by atoms with van der Waals surface area (Å²) in [5, 5.41) is 3.98. The minimum absolute atomic E-state index is 0.00328. The van der Waals surface area contributed by atoms with E-state index in [0.29, 0.717) is 19.8 Å². The Morgan fingerprint density at radius 2 is 1.90 bits per heavy atom. The summed E-state index contributed by atoms with van der Waals surface area (Å²) in [5.41, 5.74) is 2.10. The highest BCUT2D eigenvalue weighted by atomic mass is 35.5. The van der Waals surface area contributed by atoms with E-state index in [2.05, 4.69) is 17.4 Å². The molecule has 1 saturated carbocycles. The van der Waals surface area contributed by atoms with Crippen LogP contribution in [0.15, 0.2) is 42.5 Å². The van der Waals surface area contributed by atoms with E-state index in [0.717, 1.165) is 41.3 Å². The molecule has 5 nitrogen and oxygen atoms in total. The molecule has 2 unspecified atom stereocenters. The number of fused-ring (bicyclic) bond motifs is 1. The molecule has 2 heterocycles. The first kappa shape index (κ1) is 18.8. The first-order valence-corrected chi connectivity index (χ1v) is 10.5. The number of hydrogen-bond donors (Lipinski definition) is 1. The van der Waals surface area contributed by atoms with Gasteiger partial charge in [0.15, 0.2) is 11.5 Å². The predicted octanol–water partition coefficient (Wildman–Crippen LogP) is 4.04. The Balaban J connectivity index is 1.29. The fourth-order valence-corrected chi connectivity index (χ4v) is 4.82. The van der Waals surface area contributed by atoms with E-state index in [1.165, 1.54) is 5.56 Å². The normalized spacial score (nSPS) is 24.2. The van der Waals surface area contributed by atoms with Gasteiger partial charge < -0.3 is 19.5 Å². The third-order valence-corrected chi connectivity index (χ3v) is 6.81. The lowest BCUT2D eigenvalue weighted by molar-refractivity contribution is -0.122. The van der Waals surface area contributed by atoms with E-state index in [1.54, 1.807) is 0 Å². The Labute approximate surface area is 175 Å². The van der Waals surface area contributed by atoms with Gasteiger partial charge in [-0.05, 0) is 54.5 Å². The number of carbonyl (C=O) groups excluding carboxylic acids is 1. The fourth-order valence-electron chi connectivity index (χ4n) is 4.55. The predicted molar refractivity (Wildman–Crippen MR) is 110 cm³/mol. The van der Waals surface area contributed by atoms with Crippen LogP contribution < -0.4 is 14.8 Å². The topological polar surface area (TPSA) is 56.8 Å². The van der Waals surface area contributed by atoms with E-state index < -0.39 is 0 Å². The van der Waals surface area contributed by atoms with Gasteiger partial charge in [-0.1, -0.05) is 35.9 Å². The molecule has 0 bridgehead atoms. The van der Waals surface area contributed by atoms with Crippen LogP contribution in [0.4, 0.5) is 0 Å². The second-order valence-electron chi connectivity index (χ2n) is 8.15. The van der Waals surface area contributed by atoms with E-state index >= 15 is 0 Å². The summed E-state index contributed by atoms with van der Waals surface area (Å²) < 4.78 is 16.6. The third-order valence-electron chi connectivity index (χ3n) is 6.47. The molecule has 2 aromatic rings. The highest BCUT2D eigenvalue weighted by Gasteiger charge is 2.45. The number of carbonyl (C=O) groups is 1. The Morgan fingerprint density at radius 1 is 1.10 bits per heavy atom. The van der Waals surface area contributed by atoms with Gasteiger partial charge in [0.05, 0.1) is 0 Å². The number of nitrogens with one attached hydrogen (secondary N) is 1. The third kappa shape index (κ3) is 3.58. The molecule has 2 fully saturated rings. The zero-order valence-corrected chi connectivity index (χ0v) is 16.9. The number of halogens is 1. The molecule has 3 aliphatic rings.